The maximum Gasteiger partial charge on any atom is 0.225 e. The maximum atomic E-state index is 11.2. The first kappa shape index (κ1) is 7.32. The van der Waals surface area contributed by atoms with Crippen molar-refractivity contribution in [3.63, 3.8) is 0 Å². The average molecular weight is 139 g/mol. The van der Waals surface area contributed by atoms with Gasteiger partial charge in [-0.2, -0.15) is 0 Å². The molecule has 1 atom stereocenters. The van der Waals surface area contributed by atoms with Crippen molar-refractivity contribution in [3.8, 4) is 0 Å². The zero-order valence-electron chi connectivity index (χ0n) is 6.34. The first-order valence-electron chi connectivity index (χ1n) is 3.61. The summed E-state index contributed by atoms with van der Waals surface area (Å²) in [5, 5.41) is 0. The van der Waals surface area contributed by atoms with Crippen molar-refractivity contribution in [1.29, 1.82) is 0 Å². The molecule has 1 amide bonds. The number of amides is 1. The highest BCUT2D eigenvalue weighted by Gasteiger charge is 2.27. The van der Waals surface area contributed by atoms with Crippen molar-refractivity contribution < 1.29 is 4.79 Å². The molecule has 0 aromatic heterocycles. The molecule has 1 aliphatic rings. The third kappa shape index (κ3) is 1.20. The second kappa shape index (κ2) is 2.86. The number of carbonyl (C=O) groups excluding carboxylic acids is 1. The van der Waals surface area contributed by atoms with Crippen LogP contribution in [0.3, 0.4) is 0 Å². The smallest absolute Gasteiger partial charge is 0.225 e. The molecule has 1 aliphatic heterocycles. The Balaban J connectivity index is 2.48. The van der Waals surface area contributed by atoms with Crippen molar-refractivity contribution in [3.05, 3.63) is 12.7 Å². The molecule has 0 N–H and O–H groups in total. The summed E-state index contributed by atoms with van der Waals surface area (Å²) < 4.78 is 0. The summed E-state index contributed by atoms with van der Waals surface area (Å²) in [5.41, 5.74) is 0. The molecule has 1 fully saturated rings. The predicted octanol–water partition coefficient (Wildman–Crippen LogP) is 1.04. The molecule has 2 nitrogen and oxygen atoms in total. The fourth-order valence-electron chi connectivity index (χ4n) is 1.31. The lowest BCUT2D eigenvalue weighted by Gasteiger charge is -2.07. The third-order valence-corrected chi connectivity index (χ3v) is 1.99. The minimum Gasteiger partial charge on any atom is -0.345 e. The summed E-state index contributed by atoms with van der Waals surface area (Å²) in [6.07, 6.45) is 3.66. The van der Waals surface area contributed by atoms with E-state index in [0.717, 1.165) is 19.4 Å². The number of nitrogens with zero attached hydrogens (tertiary/aromatic N) is 1. The average Bonchev–Trinajstić information content (AvgIpc) is 2.20. The number of hydrogen-bond donors (Lipinski definition) is 0. The van der Waals surface area contributed by atoms with Gasteiger partial charge in [0.05, 0.1) is 0 Å². The van der Waals surface area contributed by atoms with Gasteiger partial charge < -0.3 is 4.90 Å². The third-order valence-electron chi connectivity index (χ3n) is 1.99. The van der Waals surface area contributed by atoms with E-state index in [9.17, 15) is 4.79 Å². The Morgan fingerprint density at radius 3 is 3.00 bits per heavy atom. The van der Waals surface area contributed by atoms with Crippen molar-refractivity contribution in [2.24, 2.45) is 5.92 Å². The molecule has 0 aromatic carbocycles. The Morgan fingerprint density at radius 2 is 2.60 bits per heavy atom. The molecule has 1 heterocycles. The molecule has 10 heavy (non-hydrogen) atoms. The van der Waals surface area contributed by atoms with E-state index in [0.29, 0.717) is 0 Å². The Labute approximate surface area is 61.5 Å². The van der Waals surface area contributed by atoms with Gasteiger partial charge in [0, 0.05) is 19.5 Å². The predicted molar refractivity (Wildman–Crippen MR) is 40.6 cm³/mol. The lowest BCUT2D eigenvalue weighted by molar-refractivity contribution is -0.129. The SMILES string of the molecule is C=CCC1CCN(C)C1=O. The molecule has 0 saturated carbocycles. The summed E-state index contributed by atoms with van der Waals surface area (Å²) in [5.74, 6) is 0.502. The number of hydrogen-bond acceptors (Lipinski definition) is 1. The van der Waals surface area contributed by atoms with Crippen LogP contribution in [0.25, 0.3) is 0 Å². The van der Waals surface area contributed by atoms with E-state index in [2.05, 4.69) is 6.58 Å². The van der Waals surface area contributed by atoms with Crippen LogP contribution in [0, 0.1) is 5.92 Å². The van der Waals surface area contributed by atoms with Gasteiger partial charge in [0.2, 0.25) is 5.91 Å². The molecule has 0 aliphatic carbocycles. The summed E-state index contributed by atoms with van der Waals surface area (Å²) in [4.78, 5) is 13.0. The quantitative estimate of drug-likeness (QED) is 0.523. The van der Waals surface area contributed by atoms with E-state index >= 15 is 0 Å². The number of likely N-dealkylation sites (tertiary alicyclic amines) is 1. The summed E-state index contributed by atoms with van der Waals surface area (Å²) in [6.45, 7) is 4.53. The van der Waals surface area contributed by atoms with E-state index in [1.807, 2.05) is 13.1 Å². The first-order chi connectivity index (χ1) is 4.75. The zero-order valence-corrected chi connectivity index (χ0v) is 6.34. The van der Waals surface area contributed by atoms with Gasteiger partial charge in [0.1, 0.15) is 0 Å². The molecule has 0 aromatic rings. The van der Waals surface area contributed by atoms with E-state index < -0.39 is 0 Å². The molecular weight excluding hydrogens is 126 g/mol. The normalized spacial score (nSPS) is 25.5. The Morgan fingerprint density at radius 1 is 1.90 bits per heavy atom. The minimum atomic E-state index is 0.225. The van der Waals surface area contributed by atoms with Crippen LogP contribution >= 0.6 is 0 Å². The van der Waals surface area contributed by atoms with Crippen LogP contribution < -0.4 is 0 Å². The number of rotatable bonds is 2. The maximum absolute atomic E-state index is 11.2. The van der Waals surface area contributed by atoms with Gasteiger partial charge in [0.15, 0.2) is 0 Å². The minimum absolute atomic E-state index is 0.225. The van der Waals surface area contributed by atoms with Crippen LogP contribution in [0.2, 0.25) is 0 Å². The number of allylic oxidation sites excluding steroid dienone is 1. The number of carbonyl (C=O) groups is 1. The van der Waals surface area contributed by atoms with Crippen LogP contribution in [0.5, 0.6) is 0 Å². The fourth-order valence-corrected chi connectivity index (χ4v) is 1.31. The highest BCUT2D eigenvalue weighted by Crippen LogP contribution is 2.19. The standard InChI is InChI=1S/C8H13NO/c1-3-4-7-5-6-9(2)8(7)10/h3,7H,1,4-6H2,2H3. The Kier molecular flexibility index (Phi) is 2.10. The molecular formula is C8H13NO. The molecule has 1 unspecified atom stereocenters. The zero-order chi connectivity index (χ0) is 7.56. The van der Waals surface area contributed by atoms with Gasteiger partial charge >= 0.3 is 0 Å². The molecule has 0 spiro atoms. The Bertz CT molecular complexity index is 153. The molecule has 2 heteroatoms. The topological polar surface area (TPSA) is 20.3 Å². The lowest BCUT2D eigenvalue weighted by atomic mass is 10.0. The van der Waals surface area contributed by atoms with Gasteiger partial charge in [-0.15, -0.1) is 6.58 Å². The van der Waals surface area contributed by atoms with Crippen LogP contribution in [0.1, 0.15) is 12.8 Å². The van der Waals surface area contributed by atoms with Crippen molar-refractivity contribution >= 4 is 5.91 Å². The van der Waals surface area contributed by atoms with Gasteiger partial charge in [-0.25, -0.2) is 0 Å². The molecule has 0 radical (unpaired) electrons. The largest absolute Gasteiger partial charge is 0.345 e. The monoisotopic (exact) mass is 139 g/mol. The van der Waals surface area contributed by atoms with Crippen LogP contribution in [0.4, 0.5) is 0 Å². The van der Waals surface area contributed by atoms with Crippen molar-refractivity contribution in [2.75, 3.05) is 13.6 Å². The molecule has 1 saturated heterocycles. The van der Waals surface area contributed by atoms with Gasteiger partial charge in [-0.05, 0) is 12.8 Å². The van der Waals surface area contributed by atoms with Gasteiger partial charge in [-0.1, -0.05) is 6.08 Å². The Hall–Kier alpha value is -0.790. The van der Waals surface area contributed by atoms with Crippen LogP contribution in [-0.2, 0) is 4.79 Å². The lowest BCUT2D eigenvalue weighted by Crippen LogP contribution is -2.22. The fraction of sp³-hybridized carbons (Fsp3) is 0.625. The van der Waals surface area contributed by atoms with Gasteiger partial charge in [0.25, 0.3) is 0 Å². The van der Waals surface area contributed by atoms with E-state index in [-0.39, 0.29) is 11.8 Å². The second-order valence-corrected chi connectivity index (χ2v) is 2.77. The summed E-state index contributed by atoms with van der Waals surface area (Å²) >= 11 is 0. The highest BCUT2D eigenvalue weighted by atomic mass is 16.2. The van der Waals surface area contributed by atoms with Gasteiger partial charge in [-0.3, -0.25) is 4.79 Å². The van der Waals surface area contributed by atoms with Crippen molar-refractivity contribution in [2.45, 2.75) is 12.8 Å². The van der Waals surface area contributed by atoms with Crippen LogP contribution in [-0.4, -0.2) is 24.4 Å². The van der Waals surface area contributed by atoms with E-state index in [1.54, 1.807) is 4.90 Å². The molecule has 0 bridgehead atoms. The molecule has 56 valence electrons. The van der Waals surface area contributed by atoms with E-state index in [4.69, 9.17) is 0 Å². The first-order valence-corrected chi connectivity index (χ1v) is 3.61. The second-order valence-electron chi connectivity index (χ2n) is 2.77. The highest BCUT2D eigenvalue weighted by molar-refractivity contribution is 5.80. The summed E-state index contributed by atoms with van der Waals surface area (Å²) in [7, 11) is 1.85. The van der Waals surface area contributed by atoms with Crippen LogP contribution in [0.15, 0.2) is 12.7 Å². The molecule has 1 rings (SSSR count). The van der Waals surface area contributed by atoms with Crippen molar-refractivity contribution in [1.82, 2.24) is 4.90 Å². The summed E-state index contributed by atoms with van der Waals surface area (Å²) in [6, 6.07) is 0. The van der Waals surface area contributed by atoms with E-state index in [1.165, 1.54) is 0 Å².